The first-order chi connectivity index (χ1) is 14.5. The zero-order valence-electron chi connectivity index (χ0n) is 18.2. The molecule has 3 N–H and O–H groups in total. The smallest absolute Gasteiger partial charge is 0.410 e. The molecule has 11 nitrogen and oxygen atoms in total. The average Bonchev–Trinajstić information content (AvgIpc) is 2.67. The zero-order chi connectivity index (χ0) is 24.9. The lowest BCUT2D eigenvalue weighted by Gasteiger charge is -2.28. The van der Waals surface area contributed by atoms with Crippen LogP contribution in [-0.4, -0.2) is 73.6 Å². The molecule has 1 rings (SSSR count). The van der Waals surface area contributed by atoms with Crippen molar-refractivity contribution in [1.82, 2.24) is 15.5 Å². The summed E-state index contributed by atoms with van der Waals surface area (Å²) in [5, 5.41) is 13.8. The van der Waals surface area contributed by atoms with E-state index in [9.17, 15) is 36.6 Å². The molecule has 3 amide bonds. The van der Waals surface area contributed by atoms with E-state index >= 15 is 0 Å². The second kappa shape index (κ2) is 10.4. The lowest BCUT2D eigenvalue weighted by atomic mass is 10.2. The predicted octanol–water partition coefficient (Wildman–Crippen LogP) is 0.899. The van der Waals surface area contributed by atoms with Gasteiger partial charge in [-0.2, -0.15) is 8.42 Å². The fourth-order valence-corrected chi connectivity index (χ4v) is 2.69. The number of benzene rings is 1. The van der Waals surface area contributed by atoms with Crippen molar-refractivity contribution >= 4 is 34.1 Å². The van der Waals surface area contributed by atoms with Crippen molar-refractivity contribution < 1.29 is 41.3 Å². The van der Waals surface area contributed by atoms with Crippen LogP contribution in [0.1, 0.15) is 38.1 Å². The summed E-state index contributed by atoms with van der Waals surface area (Å²) in [6.07, 6.45) is -0.779. The van der Waals surface area contributed by atoms with E-state index in [-0.39, 0.29) is 5.56 Å². The van der Waals surface area contributed by atoms with Gasteiger partial charge >= 0.3 is 22.3 Å². The fraction of sp³-hybridized carbons (Fsp3) is 0.474. The molecule has 2 atom stereocenters. The van der Waals surface area contributed by atoms with Crippen molar-refractivity contribution in [3.05, 3.63) is 29.8 Å². The maximum atomic E-state index is 12.9. The molecule has 1 aromatic carbocycles. The van der Waals surface area contributed by atoms with Crippen molar-refractivity contribution in [1.29, 1.82) is 0 Å². The number of ether oxygens (including phenoxy) is 1. The van der Waals surface area contributed by atoms with Gasteiger partial charge < -0.3 is 20.5 Å². The molecule has 0 aliphatic carbocycles. The third kappa shape index (κ3) is 8.13. The number of hydrogen-bond acceptors (Lipinski definition) is 7. The third-order valence-electron chi connectivity index (χ3n) is 4.12. The van der Waals surface area contributed by atoms with E-state index in [0.29, 0.717) is 0 Å². The van der Waals surface area contributed by atoms with Gasteiger partial charge in [-0.3, -0.25) is 14.5 Å². The lowest BCUT2D eigenvalue weighted by molar-refractivity contribution is -0.142. The van der Waals surface area contributed by atoms with Gasteiger partial charge in [-0.1, -0.05) is 0 Å². The Balaban J connectivity index is 2.75. The molecule has 32 heavy (non-hydrogen) atoms. The number of carbonyl (C=O) groups excluding carboxylic acids is 3. The van der Waals surface area contributed by atoms with Crippen LogP contribution in [0.2, 0.25) is 0 Å². The Morgan fingerprint density at radius 3 is 2.12 bits per heavy atom. The van der Waals surface area contributed by atoms with Gasteiger partial charge in [0.1, 0.15) is 17.7 Å². The van der Waals surface area contributed by atoms with Crippen LogP contribution in [0, 0.1) is 0 Å². The topological polar surface area (TPSA) is 159 Å². The Bertz CT molecular complexity index is 973. The quantitative estimate of drug-likeness (QED) is 0.468. The van der Waals surface area contributed by atoms with E-state index in [1.165, 1.54) is 14.0 Å². The van der Waals surface area contributed by atoms with Crippen LogP contribution in [0.4, 0.5) is 8.68 Å². The molecule has 0 aromatic heterocycles. The summed E-state index contributed by atoms with van der Waals surface area (Å²) in [5.41, 5.74) is -0.840. The summed E-state index contributed by atoms with van der Waals surface area (Å²) in [7, 11) is -3.60. The minimum absolute atomic E-state index is 0.0501. The van der Waals surface area contributed by atoms with E-state index in [1.54, 1.807) is 20.8 Å². The number of nitrogens with one attached hydrogen (secondary N) is 2. The van der Waals surface area contributed by atoms with Gasteiger partial charge in [0.25, 0.3) is 5.91 Å². The van der Waals surface area contributed by atoms with Crippen LogP contribution in [0.25, 0.3) is 0 Å². The number of nitrogens with zero attached hydrogens (tertiary/aromatic N) is 1. The second-order valence-corrected chi connectivity index (χ2v) is 9.19. The maximum absolute atomic E-state index is 12.9. The Kier molecular flexibility index (Phi) is 8.71. The van der Waals surface area contributed by atoms with Gasteiger partial charge in [-0.05, 0) is 52.0 Å². The van der Waals surface area contributed by atoms with Crippen molar-refractivity contribution in [2.24, 2.45) is 0 Å². The monoisotopic (exact) mass is 475 g/mol. The summed E-state index contributed by atoms with van der Waals surface area (Å²) < 4.78 is 39.7. The number of aliphatic carboxylic acids is 1. The number of carboxylic acid groups (broad SMARTS) is 1. The first kappa shape index (κ1) is 26.8. The molecule has 0 aliphatic heterocycles. The van der Waals surface area contributed by atoms with Gasteiger partial charge in [0, 0.05) is 19.2 Å². The molecule has 0 fully saturated rings. The molecule has 178 valence electrons. The summed E-state index contributed by atoms with van der Waals surface area (Å²) in [4.78, 5) is 48.5. The fourth-order valence-electron chi connectivity index (χ4n) is 2.23. The minimum Gasteiger partial charge on any atom is -0.480 e. The van der Waals surface area contributed by atoms with Crippen LogP contribution in [-0.2, 0) is 24.5 Å². The summed E-state index contributed by atoms with van der Waals surface area (Å²) in [5.74, 6) is -3.01. The molecule has 13 heteroatoms. The average molecular weight is 475 g/mol. The first-order valence-electron chi connectivity index (χ1n) is 9.35. The number of carbonyl (C=O) groups is 4. The van der Waals surface area contributed by atoms with E-state index < -0.39 is 63.2 Å². The number of hydrogen-bond donors (Lipinski definition) is 3. The van der Waals surface area contributed by atoms with Gasteiger partial charge in [0.05, 0.1) is 4.90 Å². The zero-order valence-corrected chi connectivity index (χ0v) is 19.0. The molecule has 1 aromatic rings. The molecule has 0 heterocycles. The second-order valence-electron chi connectivity index (χ2n) is 7.84. The molecule has 0 spiro atoms. The summed E-state index contributed by atoms with van der Waals surface area (Å²) in [6.45, 7) is 5.81. The Labute approximate surface area is 185 Å². The number of amides is 3. The molecule has 0 radical (unpaired) electrons. The van der Waals surface area contributed by atoms with Gasteiger partial charge in [-0.15, -0.1) is 3.89 Å². The van der Waals surface area contributed by atoms with Crippen molar-refractivity contribution in [2.45, 2.75) is 50.3 Å². The standard InChI is InChI=1S/C19H26FN3O8S/c1-11(23(5)18(28)31-19(2,3)4)15(24)22-14(17(26)27)10-21-16(25)12-6-8-13(9-7-12)32(20,29)30/h6-9,11,14H,10H2,1-5H3,(H,21,25)(H,22,24)(H,26,27)/t11-,14-/m0/s1. The third-order valence-corrected chi connectivity index (χ3v) is 4.96. The van der Waals surface area contributed by atoms with Gasteiger partial charge in [0.15, 0.2) is 0 Å². The van der Waals surface area contributed by atoms with Crippen LogP contribution >= 0.6 is 0 Å². The molecule has 0 saturated heterocycles. The Morgan fingerprint density at radius 2 is 1.69 bits per heavy atom. The van der Waals surface area contributed by atoms with Crippen molar-refractivity contribution in [2.75, 3.05) is 13.6 Å². The van der Waals surface area contributed by atoms with Crippen molar-refractivity contribution in [3.63, 3.8) is 0 Å². The number of halogens is 1. The predicted molar refractivity (Wildman–Crippen MR) is 110 cm³/mol. The highest BCUT2D eigenvalue weighted by molar-refractivity contribution is 7.86. The molecule has 0 unspecified atom stereocenters. The Morgan fingerprint density at radius 1 is 1.16 bits per heavy atom. The lowest BCUT2D eigenvalue weighted by Crippen LogP contribution is -2.54. The highest BCUT2D eigenvalue weighted by Gasteiger charge is 2.30. The molecule has 0 saturated carbocycles. The SMILES string of the molecule is C[C@@H](C(=O)N[C@@H](CNC(=O)c1ccc(S(=O)(=O)F)cc1)C(=O)O)N(C)C(=O)OC(C)(C)C. The van der Waals surface area contributed by atoms with Gasteiger partial charge in [-0.25, -0.2) is 9.59 Å². The molecular weight excluding hydrogens is 449 g/mol. The number of rotatable bonds is 8. The molecule has 0 bridgehead atoms. The highest BCUT2D eigenvalue weighted by atomic mass is 32.3. The number of carboxylic acids is 1. The van der Waals surface area contributed by atoms with E-state index in [4.69, 9.17) is 4.74 Å². The highest BCUT2D eigenvalue weighted by Crippen LogP contribution is 2.13. The van der Waals surface area contributed by atoms with Crippen LogP contribution < -0.4 is 10.6 Å². The summed E-state index contributed by atoms with van der Waals surface area (Å²) in [6, 6.07) is 1.27. The van der Waals surface area contributed by atoms with Gasteiger partial charge in [0.2, 0.25) is 5.91 Å². The largest absolute Gasteiger partial charge is 0.480 e. The van der Waals surface area contributed by atoms with E-state index in [1.807, 2.05) is 0 Å². The van der Waals surface area contributed by atoms with Crippen LogP contribution in [0.5, 0.6) is 0 Å². The first-order valence-corrected chi connectivity index (χ1v) is 10.7. The van der Waals surface area contributed by atoms with E-state index in [0.717, 1.165) is 29.2 Å². The van der Waals surface area contributed by atoms with Crippen molar-refractivity contribution in [3.8, 4) is 0 Å². The minimum atomic E-state index is -4.92. The van der Waals surface area contributed by atoms with E-state index in [2.05, 4.69) is 10.6 Å². The Hall–Kier alpha value is -3.22. The van der Waals surface area contributed by atoms with Crippen LogP contribution in [0.15, 0.2) is 29.2 Å². The van der Waals surface area contributed by atoms with Crippen LogP contribution in [0.3, 0.4) is 0 Å². The normalized spacial score (nSPS) is 13.4. The molecular formula is C19H26FN3O8S. The summed E-state index contributed by atoms with van der Waals surface area (Å²) >= 11 is 0. The molecule has 0 aliphatic rings. The maximum Gasteiger partial charge on any atom is 0.410 e. The number of likely N-dealkylation sites (N-methyl/N-ethyl adjacent to an activating group) is 1.